The van der Waals surface area contributed by atoms with E-state index in [0.29, 0.717) is 22.7 Å². The van der Waals surface area contributed by atoms with Gasteiger partial charge < -0.3 is 19.5 Å². The highest BCUT2D eigenvalue weighted by Gasteiger charge is 2.44. The minimum atomic E-state index is -0.555. The Labute approximate surface area is 164 Å². The van der Waals surface area contributed by atoms with Gasteiger partial charge in [-0.05, 0) is 43.2 Å². The Morgan fingerprint density at radius 3 is 2.63 bits per heavy atom. The van der Waals surface area contributed by atoms with Crippen molar-refractivity contribution in [2.45, 2.75) is 31.5 Å². The normalized spacial score (nSPS) is 16.3. The van der Waals surface area contributed by atoms with Crippen LogP contribution in [0, 0.1) is 0 Å². The van der Waals surface area contributed by atoms with Crippen molar-refractivity contribution in [3.63, 3.8) is 0 Å². The summed E-state index contributed by atoms with van der Waals surface area (Å²) in [6.07, 6.45) is 3.91. The third kappa shape index (κ3) is 3.93. The van der Waals surface area contributed by atoms with Gasteiger partial charge in [-0.3, -0.25) is 4.79 Å². The second-order valence-corrected chi connectivity index (χ2v) is 7.53. The zero-order valence-electron chi connectivity index (χ0n) is 14.5. The van der Waals surface area contributed by atoms with E-state index < -0.39 is 17.7 Å². The highest BCUT2D eigenvalue weighted by molar-refractivity contribution is 9.10. The summed E-state index contributed by atoms with van der Waals surface area (Å²) in [6.45, 7) is -0.371. The van der Waals surface area contributed by atoms with Crippen LogP contribution in [0.15, 0.2) is 46.9 Å². The molecule has 0 atom stereocenters. The van der Waals surface area contributed by atoms with E-state index in [2.05, 4.69) is 21.2 Å². The number of nitrogens with one attached hydrogen (secondary N) is 1. The summed E-state index contributed by atoms with van der Waals surface area (Å²) in [5.41, 5.74) is 0.943. The van der Waals surface area contributed by atoms with Gasteiger partial charge in [-0.1, -0.05) is 22.0 Å². The Bertz CT molecular complexity index is 892. The molecule has 0 aromatic heterocycles. The number of amides is 1. The lowest BCUT2D eigenvalue weighted by atomic mass is 10.2. The second-order valence-electron chi connectivity index (χ2n) is 6.62. The van der Waals surface area contributed by atoms with Gasteiger partial charge in [-0.2, -0.15) is 0 Å². The van der Waals surface area contributed by atoms with E-state index in [-0.39, 0.29) is 6.61 Å². The summed E-state index contributed by atoms with van der Waals surface area (Å²) in [6, 6.07) is 12.0. The second kappa shape index (κ2) is 7.23. The molecule has 2 aromatic carbocycles. The largest absolute Gasteiger partial charge is 0.452 e. The molecule has 1 amide bonds. The number of fused-ring (bicyclic) bond motifs is 1. The van der Waals surface area contributed by atoms with Crippen molar-refractivity contribution >= 4 is 33.5 Å². The molecule has 1 N–H and O–H groups in total. The first kappa shape index (κ1) is 17.9. The number of hydrogen-bond acceptors (Lipinski definition) is 5. The van der Waals surface area contributed by atoms with Gasteiger partial charge >= 0.3 is 5.97 Å². The van der Waals surface area contributed by atoms with Crippen LogP contribution in [0.1, 0.15) is 36.0 Å². The van der Waals surface area contributed by atoms with Crippen LogP contribution >= 0.6 is 15.9 Å². The van der Waals surface area contributed by atoms with Crippen LogP contribution in [-0.4, -0.2) is 24.3 Å². The molecular formula is C20H18BrNO5. The Kier molecular flexibility index (Phi) is 4.78. The number of esters is 1. The summed E-state index contributed by atoms with van der Waals surface area (Å²) in [5.74, 6) is -0.199. The molecule has 0 bridgehead atoms. The number of rotatable bonds is 4. The molecule has 1 saturated carbocycles. The minimum absolute atomic E-state index is 0.371. The molecule has 0 radical (unpaired) electrons. The molecule has 27 heavy (non-hydrogen) atoms. The van der Waals surface area contributed by atoms with Crippen LogP contribution < -0.4 is 14.8 Å². The van der Waals surface area contributed by atoms with E-state index in [0.717, 1.165) is 30.2 Å². The zero-order chi connectivity index (χ0) is 18.9. The first-order chi connectivity index (χ1) is 13.0. The summed E-state index contributed by atoms with van der Waals surface area (Å²) in [7, 11) is 0. The van der Waals surface area contributed by atoms with Gasteiger partial charge in [0, 0.05) is 29.1 Å². The van der Waals surface area contributed by atoms with Gasteiger partial charge in [0.05, 0.1) is 5.56 Å². The van der Waals surface area contributed by atoms with E-state index >= 15 is 0 Å². The number of benzene rings is 2. The maximum Gasteiger partial charge on any atom is 0.338 e. The summed E-state index contributed by atoms with van der Waals surface area (Å²) in [5, 5.41) is 2.71. The molecule has 1 heterocycles. The molecule has 1 fully saturated rings. The van der Waals surface area contributed by atoms with Crippen molar-refractivity contribution in [1.82, 2.24) is 0 Å². The Morgan fingerprint density at radius 2 is 1.85 bits per heavy atom. The average molecular weight is 432 g/mol. The minimum Gasteiger partial charge on any atom is -0.452 e. The third-order valence-corrected chi connectivity index (χ3v) is 5.07. The maximum absolute atomic E-state index is 12.1. The smallest absolute Gasteiger partial charge is 0.338 e. The number of ether oxygens (including phenoxy) is 3. The third-order valence-electron chi connectivity index (χ3n) is 4.58. The predicted molar refractivity (Wildman–Crippen MR) is 102 cm³/mol. The first-order valence-corrected chi connectivity index (χ1v) is 9.57. The van der Waals surface area contributed by atoms with Crippen molar-refractivity contribution in [3.8, 4) is 11.5 Å². The maximum atomic E-state index is 12.1. The fourth-order valence-corrected chi connectivity index (χ4v) is 3.72. The molecule has 0 saturated heterocycles. The fraction of sp³-hybridized carbons (Fsp3) is 0.300. The lowest BCUT2D eigenvalue weighted by Gasteiger charge is -2.21. The van der Waals surface area contributed by atoms with Gasteiger partial charge in [-0.25, -0.2) is 4.79 Å². The molecule has 1 spiro atoms. The predicted octanol–water partition coefficient (Wildman–Crippen LogP) is 4.29. The van der Waals surface area contributed by atoms with E-state index in [4.69, 9.17) is 14.2 Å². The van der Waals surface area contributed by atoms with Gasteiger partial charge in [0.25, 0.3) is 11.7 Å². The lowest BCUT2D eigenvalue weighted by molar-refractivity contribution is -0.119. The molecule has 6 nitrogen and oxygen atoms in total. The van der Waals surface area contributed by atoms with Gasteiger partial charge in [-0.15, -0.1) is 0 Å². The molecule has 1 aliphatic carbocycles. The highest BCUT2D eigenvalue weighted by Crippen LogP contribution is 2.47. The number of hydrogen-bond donors (Lipinski definition) is 1. The van der Waals surface area contributed by atoms with Crippen LogP contribution in [0.25, 0.3) is 0 Å². The van der Waals surface area contributed by atoms with Crippen molar-refractivity contribution in [1.29, 1.82) is 0 Å². The average Bonchev–Trinajstić information content (AvgIpc) is 3.25. The van der Waals surface area contributed by atoms with Crippen molar-refractivity contribution in [3.05, 3.63) is 52.5 Å². The molecule has 2 aromatic rings. The van der Waals surface area contributed by atoms with E-state index in [1.165, 1.54) is 0 Å². The van der Waals surface area contributed by atoms with Crippen molar-refractivity contribution < 1.29 is 23.8 Å². The summed E-state index contributed by atoms with van der Waals surface area (Å²) in [4.78, 5) is 24.1. The zero-order valence-corrected chi connectivity index (χ0v) is 16.1. The molecule has 1 aliphatic heterocycles. The van der Waals surface area contributed by atoms with Crippen LogP contribution in [-0.2, 0) is 9.53 Å². The van der Waals surface area contributed by atoms with E-state index in [1.54, 1.807) is 42.5 Å². The number of carbonyl (C=O) groups is 2. The highest BCUT2D eigenvalue weighted by atomic mass is 79.9. The topological polar surface area (TPSA) is 73.9 Å². The molecule has 140 valence electrons. The van der Waals surface area contributed by atoms with Crippen molar-refractivity contribution in [2.24, 2.45) is 0 Å². The van der Waals surface area contributed by atoms with Crippen LogP contribution in [0.4, 0.5) is 5.69 Å². The van der Waals surface area contributed by atoms with E-state index in [1.807, 2.05) is 0 Å². The van der Waals surface area contributed by atoms with Crippen molar-refractivity contribution in [2.75, 3.05) is 11.9 Å². The summed E-state index contributed by atoms with van der Waals surface area (Å²) >= 11 is 3.29. The Hall–Kier alpha value is -2.54. The fourth-order valence-electron chi connectivity index (χ4n) is 3.32. The van der Waals surface area contributed by atoms with Crippen LogP contribution in [0.3, 0.4) is 0 Å². The van der Waals surface area contributed by atoms with Crippen LogP contribution in [0.5, 0.6) is 11.5 Å². The summed E-state index contributed by atoms with van der Waals surface area (Å²) < 4.78 is 17.8. The molecular weight excluding hydrogens is 414 g/mol. The van der Waals surface area contributed by atoms with Crippen LogP contribution in [0.2, 0.25) is 0 Å². The van der Waals surface area contributed by atoms with Gasteiger partial charge in [0.15, 0.2) is 18.1 Å². The number of carbonyl (C=O) groups excluding carboxylic acids is 2. The number of halogens is 1. The monoisotopic (exact) mass is 431 g/mol. The SMILES string of the molecule is O=C(COC(=O)c1cccc(Br)c1)Nc1ccc2c(c1)OC1(CCCC1)O2. The first-order valence-electron chi connectivity index (χ1n) is 8.78. The molecule has 2 aliphatic rings. The van der Waals surface area contributed by atoms with Gasteiger partial charge in [0.1, 0.15) is 0 Å². The van der Waals surface area contributed by atoms with Gasteiger partial charge in [0.2, 0.25) is 0 Å². The Morgan fingerprint density at radius 1 is 1.07 bits per heavy atom. The molecule has 7 heteroatoms. The molecule has 4 rings (SSSR count). The standard InChI is InChI=1S/C20H18BrNO5/c21-14-5-3-4-13(10-14)19(24)25-12-18(23)22-15-6-7-16-17(11-15)27-20(26-16)8-1-2-9-20/h3-7,10-11H,1-2,8-9,12H2,(H,22,23). The number of anilines is 1. The quantitative estimate of drug-likeness (QED) is 0.730. The lowest BCUT2D eigenvalue weighted by Crippen LogP contribution is -2.34. The van der Waals surface area contributed by atoms with E-state index in [9.17, 15) is 9.59 Å². The Balaban J connectivity index is 1.33. The molecule has 0 unspecified atom stereocenters.